The third kappa shape index (κ3) is 33.3. The molecule has 6 nitrogen and oxygen atoms in total. The van der Waals surface area contributed by atoms with Crippen LogP contribution in [0.3, 0.4) is 0 Å². The Labute approximate surface area is 304 Å². The summed E-state index contributed by atoms with van der Waals surface area (Å²) < 4.78 is 10.9. The van der Waals surface area contributed by atoms with Gasteiger partial charge in [0.15, 0.2) is 0 Å². The SMILES string of the molecule is CCCCCCCC/C=C\CCCCCCCC(=O)OCCC(CO)(CCOC(=O)CCCCCCC/C=C\CCCCCCCC)NC. The van der Waals surface area contributed by atoms with E-state index in [1.54, 1.807) is 7.05 Å². The summed E-state index contributed by atoms with van der Waals surface area (Å²) in [5, 5.41) is 13.2. The van der Waals surface area contributed by atoms with Crippen LogP contribution in [0.5, 0.6) is 0 Å². The summed E-state index contributed by atoms with van der Waals surface area (Å²) in [5.41, 5.74) is -0.632. The molecule has 0 aromatic heterocycles. The van der Waals surface area contributed by atoms with Crippen molar-refractivity contribution in [2.45, 2.75) is 212 Å². The zero-order valence-corrected chi connectivity index (χ0v) is 32.7. The highest BCUT2D eigenvalue weighted by Gasteiger charge is 2.28. The third-order valence-electron chi connectivity index (χ3n) is 9.81. The van der Waals surface area contributed by atoms with Crippen molar-refractivity contribution in [3.63, 3.8) is 0 Å². The van der Waals surface area contributed by atoms with Crippen molar-refractivity contribution < 1.29 is 24.2 Å². The Morgan fingerprint density at radius 1 is 0.510 bits per heavy atom. The maximum absolute atomic E-state index is 12.2. The van der Waals surface area contributed by atoms with Crippen molar-refractivity contribution in [3.05, 3.63) is 24.3 Å². The number of carbonyl (C=O) groups excluding carboxylic acids is 2. The second-order valence-electron chi connectivity index (χ2n) is 14.3. The molecule has 0 spiro atoms. The fraction of sp³-hybridized carbons (Fsp3) is 0.860. The van der Waals surface area contributed by atoms with Crippen molar-refractivity contribution in [2.75, 3.05) is 26.9 Å². The number of aliphatic hydroxyl groups is 1. The van der Waals surface area contributed by atoms with Crippen LogP contribution in [0.4, 0.5) is 0 Å². The average Bonchev–Trinajstić information content (AvgIpc) is 3.11. The molecule has 0 rings (SSSR count). The Morgan fingerprint density at radius 3 is 1.12 bits per heavy atom. The zero-order chi connectivity index (χ0) is 35.9. The number of carbonyl (C=O) groups is 2. The van der Waals surface area contributed by atoms with Gasteiger partial charge in [0.25, 0.3) is 0 Å². The minimum Gasteiger partial charge on any atom is -0.466 e. The molecule has 2 N–H and O–H groups in total. The molecule has 0 bridgehead atoms. The summed E-state index contributed by atoms with van der Waals surface area (Å²) in [6.45, 7) is 4.90. The van der Waals surface area contributed by atoms with Gasteiger partial charge in [-0.3, -0.25) is 9.59 Å². The predicted molar refractivity (Wildman–Crippen MR) is 209 cm³/mol. The van der Waals surface area contributed by atoms with Crippen molar-refractivity contribution in [1.82, 2.24) is 5.32 Å². The van der Waals surface area contributed by atoms with Crippen molar-refractivity contribution in [3.8, 4) is 0 Å². The van der Waals surface area contributed by atoms with Crippen LogP contribution in [0.15, 0.2) is 24.3 Å². The van der Waals surface area contributed by atoms with E-state index in [1.807, 2.05) is 0 Å². The standard InChI is InChI=1S/C43H81NO5/c1-4-6-8-10-12-14-16-18-20-22-24-26-28-30-32-34-41(46)48-38-36-43(40-45,44-3)37-39-49-42(47)35-33-31-29-27-25-23-21-19-17-15-13-11-9-7-5-2/h18-21,44-45H,4-17,22-40H2,1-3H3/b20-18-,21-19-. The molecule has 0 aliphatic heterocycles. The van der Waals surface area contributed by atoms with Crippen molar-refractivity contribution >= 4 is 11.9 Å². The lowest BCUT2D eigenvalue weighted by Crippen LogP contribution is -2.48. The molecule has 0 amide bonds. The molecule has 49 heavy (non-hydrogen) atoms. The lowest BCUT2D eigenvalue weighted by molar-refractivity contribution is -0.144. The summed E-state index contributed by atoms with van der Waals surface area (Å²) >= 11 is 0. The van der Waals surface area contributed by atoms with Crippen LogP contribution in [0.1, 0.15) is 206 Å². The van der Waals surface area contributed by atoms with Gasteiger partial charge in [0.2, 0.25) is 0 Å². The Balaban J connectivity index is 3.77. The van der Waals surface area contributed by atoms with E-state index in [1.165, 1.54) is 116 Å². The quantitative estimate of drug-likeness (QED) is 0.0381. The topological polar surface area (TPSA) is 84.9 Å². The van der Waals surface area contributed by atoms with Crippen LogP contribution in [0.25, 0.3) is 0 Å². The van der Waals surface area contributed by atoms with Gasteiger partial charge in [0.05, 0.1) is 19.8 Å². The van der Waals surface area contributed by atoms with E-state index in [9.17, 15) is 14.7 Å². The van der Waals surface area contributed by atoms with Gasteiger partial charge in [-0.1, -0.05) is 141 Å². The van der Waals surface area contributed by atoms with E-state index in [2.05, 4.69) is 43.5 Å². The first-order valence-corrected chi connectivity index (χ1v) is 20.9. The highest BCUT2D eigenvalue weighted by atomic mass is 16.5. The second-order valence-corrected chi connectivity index (χ2v) is 14.3. The van der Waals surface area contributed by atoms with Gasteiger partial charge >= 0.3 is 11.9 Å². The number of rotatable bonds is 38. The molecular formula is C43H81NO5. The van der Waals surface area contributed by atoms with E-state index in [0.717, 1.165) is 51.4 Å². The molecule has 0 fully saturated rings. The highest BCUT2D eigenvalue weighted by Crippen LogP contribution is 2.17. The molecule has 288 valence electrons. The second kappa shape index (κ2) is 37.6. The van der Waals surface area contributed by atoms with Crippen molar-refractivity contribution in [2.24, 2.45) is 0 Å². The minimum absolute atomic E-state index is 0.110. The maximum atomic E-state index is 12.2. The minimum atomic E-state index is -0.632. The van der Waals surface area contributed by atoms with Gasteiger partial charge in [0, 0.05) is 31.2 Å². The number of aliphatic hydroxyl groups excluding tert-OH is 1. The van der Waals surface area contributed by atoms with E-state index in [0.29, 0.717) is 25.7 Å². The van der Waals surface area contributed by atoms with Crippen LogP contribution in [0, 0.1) is 0 Å². The highest BCUT2D eigenvalue weighted by molar-refractivity contribution is 5.69. The van der Waals surface area contributed by atoms with Crippen molar-refractivity contribution in [1.29, 1.82) is 0 Å². The summed E-state index contributed by atoms with van der Waals surface area (Å²) in [6, 6.07) is 0. The summed E-state index contributed by atoms with van der Waals surface area (Å²) in [6.07, 6.45) is 43.2. The molecule has 0 heterocycles. The lowest BCUT2D eigenvalue weighted by atomic mass is 9.93. The van der Waals surface area contributed by atoms with Gasteiger partial charge in [-0.15, -0.1) is 0 Å². The molecule has 0 aromatic carbocycles. The molecular weight excluding hydrogens is 610 g/mol. The number of esters is 2. The van der Waals surface area contributed by atoms with Gasteiger partial charge in [0.1, 0.15) is 0 Å². The maximum Gasteiger partial charge on any atom is 0.305 e. The first-order chi connectivity index (χ1) is 24.0. The average molecular weight is 692 g/mol. The summed E-state index contributed by atoms with van der Waals surface area (Å²) in [5.74, 6) is -0.348. The van der Waals surface area contributed by atoms with Crippen LogP contribution in [0.2, 0.25) is 0 Å². The van der Waals surface area contributed by atoms with Crippen LogP contribution < -0.4 is 5.32 Å². The Bertz CT molecular complexity index is 716. The number of likely N-dealkylation sites (N-methyl/N-ethyl adjacent to an activating group) is 1. The Kier molecular flexibility index (Phi) is 36.3. The molecule has 0 aliphatic rings. The van der Waals surface area contributed by atoms with E-state index >= 15 is 0 Å². The largest absolute Gasteiger partial charge is 0.466 e. The van der Waals surface area contributed by atoms with E-state index < -0.39 is 5.54 Å². The monoisotopic (exact) mass is 692 g/mol. The summed E-state index contributed by atoms with van der Waals surface area (Å²) in [4.78, 5) is 24.5. The number of nitrogens with one attached hydrogen (secondary N) is 1. The van der Waals surface area contributed by atoms with Crippen LogP contribution in [-0.4, -0.2) is 49.5 Å². The normalized spacial score (nSPS) is 12.0. The van der Waals surface area contributed by atoms with Gasteiger partial charge in [-0.05, 0) is 71.3 Å². The smallest absolute Gasteiger partial charge is 0.305 e. The van der Waals surface area contributed by atoms with E-state index in [4.69, 9.17) is 9.47 Å². The van der Waals surface area contributed by atoms with Gasteiger partial charge < -0.3 is 19.9 Å². The molecule has 0 aliphatic carbocycles. The van der Waals surface area contributed by atoms with Gasteiger partial charge in [-0.25, -0.2) is 0 Å². The number of unbranched alkanes of at least 4 members (excludes halogenated alkanes) is 22. The Hall–Kier alpha value is -1.66. The molecule has 0 saturated heterocycles. The molecule has 0 aromatic rings. The summed E-state index contributed by atoms with van der Waals surface area (Å²) in [7, 11) is 1.79. The first kappa shape index (κ1) is 47.3. The number of ether oxygens (including phenoxy) is 2. The lowest BCUT2D eigenvalue weighted by Gasteiger charge is -2.31. The molecule has 6 heteroatoms. The Morgan fingerprint density at radius 2 is 0.816 bits per heavy atom. The third-order valence-corrected chi connectivity index (χ3v) is 9.81. The fourth-order valence-corrected chi connectivity index (χ4v) is 6.16. The predicted octanol–water partition coefficient (Wildman–Crippen LogP) is 11.9. The molecule has 0 unspecified atom stereocenters. The van der Waals surface area contributed by atoms with Crippen LogP contribution >= 0.6 is 0 Å². The van der Waals surface area contributed by atoms with E-state index in [-0.39, 0.29) is 31.8 Å². The number of allylic oxidation sites excluding steroid dienone is 4. The molecule has 0 saturated carbocycles. The molecule has 0 atom stereocenters. The van der Waals surface area contributed by atoms with Crippen LogP contribution in [-0.2, 0) is 19.1 Å². The number of hydrogen-bond donors (Lipinski definition) is 2. The van der Waals surface area contributed by atoms with Gasteiger partial charge in [-0.2, -0.15) is 0 Å². The fourth-order valence-electron chi connectivity index (χ4n) is 6.16. The molecule has 0 radical (unpaired) electrons. The number of hydrogen-bond acceptors (Lipinski definition) is 6. The first-order valence-electron chi connectivity index (χ1n) is 20.9. The zero-order valence-electron chi connectivity index (χ0n) is 32.7.